The molecule has 10 heavy (non-hydrogen) atoms. The quantitative estimate of drug-likeness (QED) is 0.599. The van der Waals surface area contributed by atoms with Gasteiger partial charge in [-0.2, -0.15) is 0 Å². The van der Waals surface area contributed by atoms with E-state index < -0.39 is 5.97 Å². The second kappa shape index (κ2) is 1.55. The first-order valence-corrected chi connectivity index (χ1v) is 3.89. The molecule has 56 valence electrons. The Hall–Kier alpha value is -0.530. The highest BCUT2D eigenvalue weighted by Gasteiger charge is 2.66. The summed E-state index contributed by atoms with van der Waals surface area (Å²) in [4.78, 5) is 10.6. The third kappa shape index (κ3) is 0.522. The molecule has 2 fully saturated rings. The monoisotopic (exact) mass is 140 g/mol. The number of hydrogen-bond donors (Lipinski definition) is 1. The number of carboxylic acid groups (broad SMARTS) is 1. The molecule has 2 heteroatoms. The summed E-state index contributed by atoms with van der Waals surface area (Å²) in [5.74, 6) is -0.0570. The van der Waals surface area contributed by atoms with Gasteiger partial charge >= 0.3 is 5.97 Å². The molecule has 0 aromatic heterocycles. The van der Waals surface area contributed by atoms with Crippen molar-refractivity contribution < 1.29 is 9.90 Å². The van der Waals surface area contributed by atoms with Gasteiger partial charge in [0.25, 0.3) is 0 Å². The Labute approximate surface area is 60.2 Å². The maximum absolute atomic E-state index is 10.6. The lowest BCUT2D eigenvalue weighted by atomic mass is 10.0. The summed E-state index contributed by atoms with van der Waals surface area (Å²) in [5, 5.41) is 8.72. The van der Waals surface area contributed by atoms with Crippen molar-refractivity contribution in [3.05, 3.63) is 0 Å². The molecule has 2 aliphatic rings. The molecular formula is C8H12O2. The van der Waals surface area contributed by atoms with Crippen molar-refractivity contribution >= 4 is 5.97 Å². The second-order valence-corrected chi connectivity index (χ2v) is 3.82. The normalized spacial score (nSPS) is 50.5. The van der Waals surface area contributed by atoms with Crippen LogP contribution in [0.3, 0.4) is 0 Å². The lowest BCUT2D eigenvalue weighted by Gasteiger charge is -2.02. The summed E-state index contributed by atoms with van der Waals surface area (Å²) < 4.78 is 0. The molecule has 0 saturated heterocycles. The highest BCUT2D eigenvalue weighted by molar-refractivity contribution is 5.75. The van der Waals surface area contributed by atoms with Crippen molar-refractivity contribution in [3.8, 4) is 0 Å². The van der Waals surface area contributed by atoms with Gasteiger partial charge in [-0.25, -0.2) is 0 Å². The van der Waals surface area contributed by atoms with Crippen molar-refractivity contribution in [2.75, 3.05) is 0 Å². The van der Waals surface area contributed by atoms with Gasteiger partial charge in [0, 0.05) is 0 Å². The summed E-state index contributed by atoms with van der Waals surface area (Å²) >= 11 is 0. The zero-order chi connectivity index (χ0) is 7.35. The van der Waals surface area contributed by atoms with E-state index in [9.17, 15) is 4.79 Å². The molecule has 0 heterocycles. The molecule has 2 aliphatic carbocycles. The number of aliphatic carboxylic acids is 1. The van der Waals surface area contributed by atoms with Crippen molar-refractivity contribution in [1.82, 2.24) is 0 Å². The van der Waals surface area contributed by atoms with E-state index in [1.165, 1.54) is 6.42 Å². The molecular weight excluding hydrogens is 128 g/mol. The fraction of sp³-hybridized carbons (Fsp3) is 0.875. The van der Waals surface area contributed by atoms with Crippen LogP contribution in [0, 0.1) is 17.3 Å². The Morgan fingerprint density at radius 3 is 2.70 bits per heavy atom. The first-order valence-electron chi connectivity index (χ1n) is 3.89. The Balaban J connectivity index is 2.15. The Morgan fingerprint density at radius 1 is 1.70 bits per heavy atom. The van der Waals surface area contributed by atoms with Crippen molar-refractivity contribution in [2.24, 2.45) is 17.3 Å². The van der Waals surface area contributed by atoms with Gasteiger partial charge < -0.3 is 5.11 Å². The summed E-state index contributed by atoms with van der Waals surface area (Å²) in [6, 6.07) is 0. The minimum absolute atomic E-state index is 0.00116. The first-order chi connectivity index (χ1) is 4.66. The molecule has 1 N–H and O–H groups in total. The number of carboxylic acids is 1. The van der Waals surface area contributed by atoms with E-state index in [-0.39, 0.29) is 11.3 Å². The molecule has 2 rings (SSSR count). The van der Waals surface area contributed by atoms with Crippen molar-refractivity contribution in [3.63, 3.8) is 0 Å². The van der Waals surface area contributed by atoms with E-state index in [0.29, 0.717) is 5.92 Å². The van der Waals surface area contributed by atoms with Crippen LogP contribution in [0.4, 0.5) is 0 Å². The largest absolute Gasteiger partial charge is 0.481 e. The van der Waals surface area contributed by atoms with Crippen LogP contribution in [0.1, 0.15) is 26.2 Å². The lowest BCUT2D eigenvalue weighted by molar-refractivity contribution is -0.139. The molecule has 0 unspecified atom stereocenters. The fourth-order valence-electron chi connectivity index (χ4n) is 2.66. The van der Waals surface area contributed by atoms with Crippen LogP contribution >= 0.6 is 0 Å². The average Bonchev–Trinajstić information content (AvgIpc) is 2.22. The summed E-state index contributed by atoms with van der Waals surface area (Å²) in [6.45, 7) is 2.11. The first kappa shape index (κ1) is 6.20. The van der Waals surface area contributed by atoms with Crippen LogP contribution in [-0.4, -0.2) is 11.1 Å². The van der Waals surface area contributed by atoms with Crippen LogP contribution in [0.15, 0.2) is 0 Å². The fourth-order valence-corrected chi connectivity index (χ4v) is 2.66. The minimum Gasteiger partial charge on any atom is -0.481 e. The molecule has 0 radical (unpaired) electrons. The van der Waals surface area contributed by atoms with Crippen LogP contribution < -0.4 is 0 Å². The molecule has 0 aromatic rings. The molecule has 0 amide bonds. The van der Waals surface area contributed by atoms with Gasteiger partial charge in [-0.1, -0.05) is 13.3 Å². The maximum atomic E-state index is 10.6. The topological polar surface area (TPSA) is 37.3 Å². The molecule has 2 nitrogen and oxygen atoms in total. The predicted octanol–water partition coefficient (Wildman–Crippen LogP) is 1.51. The molecule has 0 bridgehead atoms. The smallest absolute Gasteiger partial charge is 0.307 e. The molecule has 0 spiro atoms. The zero-order valence-corrected chi connectivity index (χ0v) is 6.13. The van der Waals surface area contributed by atoms with Gasteiger partial charge in [-0.3, -0.25) is 4.79 Å². The van der Waals surface area contributed by atoms with Crippen molar-refractivity contribution in [2.45, 2.75) is 26.2 Å². The number of rotatable bonds is 1. The Morgan fingerprint density at radius 2 is 2.40 bits per heavy atom. The van der Waals surface area contributed by atoms with Gasteiger partial charge in [0.15, 0.2) is 0 Å². The second-order valence-electron chi connectivity index (χ2n) is 3.82. The van der Waals surface area contributed by atoms with Gasteiger partial charge in [-0.05, 0) is 24.2 Å². The van der Waals surface area contributed by atoms with Crippen LogP contribution in [0.5, 0.6) is 0 Å². The third-order valence-corrected chi connectivity index (χ3v) is 3.35. The Kier molecular flexibility index (Phi) is 0.960. The molecule has 2 saturated carbocycles. The average molecular weight is 140 g/mol. The van der Waals surface area contributed by atoms with Crippen molar-refractivity contribution in [1.29, 1.82) is 0 Å². The molecule has 0 aliphatic heterocycles. The van der Waals surface area contributed by atoms with E-state index in [0.717, 1.165) is 12.8 Å². The summed E-state index contributed by atoms with van der Waals surface area (Å²) in [5.41, 5.74) is 0.200. The molecule has 3 atom stereocenters. The van der Waals surface area contributed by atoms with Crippen LogP contribution in [-0.2, 0) is 4.79 Å². The standard InChI is InChI=1S/C8H12O2/c1-8-4-2-3-5(8)6(8)7(9)10/h5-6H,2-4H2,1H3,(H,9,10)/t5-,6+,8+/m1/s1. The summed E-state index contributed by atoms with van der Waals surface area (Å²) in [7, 11) is 0. The van der Waals surface area contributed by atoms with Crippen LogP contribution in [0.25, 0.3) is 0 Å². The zero-order valence-electron chi connectivity index (χ0n) is 6.13. The number of fused-ring (bicyclic) bond motifs is 1. The number of hydrogen-bond acceptors (Lipinski definition) is 1. The van der Waals surface area contributed by atoms with Gasteiger partial charge in [0.2, 0.25) is 0 Å². The van der Waals surface area contributed by atoms with Gasteiger partial charge in [-0.15, -0.1) is 0 Å². The van der Waals surface area contributed by atoms with E-state index in [1.54, 1.807) is 0 Å². The van der Waals surface area contributed by atoms with Gasteiger partial charge in [0.05, 0.1) is 5.92 Å². The number of carbonyl (C=O) groups is 1. The van der Waals surface area contributed by atoms with E-state index in [4.69, 9.17) is 5.11 Å². The molecule has 0 aromatic carbocycles. The van der Waals surface area contributed by atoms with E-state index in [1.807, 2.05) is 0 Å². The highest BCUT2D eigenvalue weighted by Crippen LogP contribution is 2.68. The SMILES string of the molecule is C[C@]12CCC[C@@H]1[C@H]2C(=O)O. The van der Waals surface area contributed by atoms with E-state index >= 15 is 0 Å². The lowest BCUT2D eigenvalue weighted by Crippen LogP contribution is -2.07. The third-order valence-electron chi connectivity index (χ3n) is 3.35. The van der Waals surface area contributed by atoms with Gasteiger partial charge in [0.1, 0.15) is 0 Å². The summed E-state index contributed by atoms with van der Waals surface area (Å²) in [6.07, 6.45) is 3.52. The van der Waals surface area contributed by atoms with E-state index in [2.05, 4.69) is 6.92 Å². The highest BCUT2D eigenvalue weighted by atomic mass is 16.4. The maximum Gasteiger partial charge on any atom is 0.307 e. The Bertz CT molecular complexity index is 188. The minimum atomic E-state index is -0.577. The predicted molar refractivity (Wildman–Crippen MR) is 36.6 cm³/mol. The van der Waals surface area contributed by atoms with Crippen LogP contribution in [0.2, 0.25) is 0 Å².